The van der Waals surface area contributed by atoms with Crippen LogP contribution in [0.2, 0.25) is 0 Å². The maximum Gasteiger partial charge on any atom is 0.229 e. The van der Waals surface area contributed by atoms with Gasteiger partial charge in [0, 0.05) is 43.5 Å². The van der Waals surface area contributed by atoms with Crippen LogP contribution in [0.25, 0.3) is 0 Å². The van der Waals surface area contributed by atoms with Crippen molar-refractivity contribution in [2.45, 2.75) is 52.0 Å². The fraction of sp³-hybridized carbons (Fsp3) is 0.455. The van der Waals surface area contributed by atoms with Crippen molar-refractivity contribution >= 4 is 35.8 Å². The summed E-state index contributed by atoms with van der Waals surface area (Å²) in [6.07, 6.45) is 4.81. The van der Waals surface area contributed by atoms with Gasteiger partial charge in [-0.2, -0.15) is 10.2 Å². The molecule has 1 unspecified atom stereocenters. The Bertz CT molecular complexity index is 948. The van der Waals surface area contributed by atoms with Crippen LogP contribution in [0.1, 0.15) is 50.8 Å². The van der Waals surface area contributed by atoms with Crippen LogP contribution in [0, 0.1) is 17.1 Å². The molecule has 1 fully saturated rings. The van der Waals surface area contributed by atoms with Gasteiger partial charge in [-0.05, 0) is 43.9 Å². The van der Waals surface area contributed by atoms with Crippen molar-refractivity contribution in [3.63, 3.8) is 0 Å². The molecule has 2 heterocycles. The highest BCUT2D eigenvalue weighted by Gasteiger charge is 2.22. The minimum atomic E-state index is -0.557. The zero-order chi connectivity index (χ0) is 21.5. The first-order valence-corrected chi connectivity index (χ1v) is 10.3. The van der Waals surface area contributed by atoms with E-state index in [0.29, 0.717) is 18.2 Å². The van der Waals surface area contributed by atoms with Crippen LogP contribution in [0.5, 0.6) is 0 Å². The monoisotopic (exact) mass is 446 g/mol. The van der Waals surface area contributed by atoms with Crippen molar-refractivity contribution in [1.82, 2.24) is 15.3 Å². The number of nitrogens with one attached hydrogen (secondary N) is 2. The number of amides is 1. The number of carbonyl (C=O) groups excluding carboxylic acids is 1. The van der Waals surface area contributed by atoms with E-state index in [9.17, 15) is 9.18 Å². The topological polar surface area (TPSA) is 93.9 Å². The smallest absolute Gasteiger partial charge is 0.229 e. The standard InChI is InChI=1S/C22H27FN6O.ClH/c1-3-4-6-17-12-21(29-10-5-7-19(14-29)25-15(2)30)28-22(26-17)27-18-8-9-20(23)16(11-18)13-24;/h8-9,11-12,19H,3-7,10,14H2,1-2H3,(H,25,30)(H,26,27,28);1H. The van der Waals surface area contributed by atoms with Gasteiger partial charge >= 0.3 is 0 Å². The highest BCUT2D eigenvalue weighted by molar-refractivity contribution is 5.85. The van der Waals surface area contributed by atoms with E-state index in [2.05, 4.69) is 32.4 Å². The average Bonchev–Trinajstić information content (AvgIpc) is 2.73. The van der Waals surface area contributed by atoms with Gasteiger partial charge in [0.25, 0.3) is 0 Å². The number of aromatic nitrogens is 2. The lowest BCUT2D eigenvalue weighted by Gasteiger charge is -2.34. The van der Waals surface area contributed by atoms with Gasteiger partial charge in [0.1, 0.15) is 17.7 Å². The second kappa shape index (κ2) is 11.5. The number of rotatable bonds is 7. The summed E-state index contributed by atoms with van der Waals surface area (Å²) in [5, 5.41) is 15.2. The number of hydrogen-bond acceptors (Lipinski definition) is 6. The molecule has 31 heavy (non-hydrogen) atoms. The maximum atomic E-state index is 13.6. The number of hydrogen-bond donors (Lipinski definition) is 2. The number of benzene rings is 1. The van der Waals surface area contributed by atoms with Crippen LogP contribution in [0.15, 0.2) is 24.3 Å². The minimum absolute atomic E-state index is 0. The van der Waals surface area contributed by atoms with Crippen molar-refractivity contribution in [2.75, 3.05) is 23.3 Å². The zero-order valence-corrected chi connectivity index (χ0v) is 18.6. The molecule has 7 nitrogen and oxygen atoms in total. The molecule has 1 aliphatic heterocycles. The lowest BCUT2D eigenvalue weighted by Crippen LogP contribution is -2.47. The zero-order valence-electron chi connectivity index (χ0n) is 17.8. The second-order valence-corrected chi connectivity index (χ2v) is 7.56. The summed E-state index contributed by atoms with van der Waals surface area (Å²) in [6, 6.07) is 8.21. The third-order valence-corrected chi connectivity index (χ3v) is 5.05. The molecule has 9 heteroatoms. The molecule has 1 atom stereocenters. The van der Waals surface area contributed by atoms with Gasteiger partial charge < -0.3 is 15.5 Å². The van der Waals surface area contributed by atoms with E-state index in [4.69, 9.17) is 5.26 Å². The van der Waals surface area contributed by atoms with E-state index >= 15 is 0 Å². The van der Waals surface area contributed by atoms with E-state index in [1.807, 2.05) is 12.1 Å². The summed E-state index contributed by atoms with van der Waals surface area (Å²) in [6.45, 7) is 5.21. The summed E-state index contributed by atoms with van der Waals surface area (Å²) in [4.78, 5) is 22.9. The number of anilines is 3. The maximum absolute atomic E-state index is 13.6. The Balaban J connectivity index is 0.00000341. The van der Waals surface area contributed by atoms with E-state index in [-0.39, 0.29) is 29.9 Å². The SMILES string of the molecule is CCCCc1cc(N2CCCC(NC(C)=O)C2)nc(Nc2ccc(F)c(C#N)c2)n1.Cl. The lowest BCUT2D eigenvalue weighted by atomic mass is 10.1. The summed E-state index contributed by atoms with van der Waals surface area (Å²) in [7, 11) is 0. The van der Waals surface area contributed by atoms with Crippen molar-refractivity contribution in [2.24, 2.45) is 0 Å². The number of halogens is 2. The van der Waals surface area contributed by atoms with Gasteiger partial charge in [0.15, 0.2) is 0 Å². The van der Waals surface area contributed by atoms with Gasteiger partial charge in [-0.1, -0.05) is 13.3 Å². The van der Waals surface area contributed by atoms with Gasteiger partial charge in [0.05, 0.1) is 5.56 Å². The summed E-state index contributed by atoms with van der Waals surface area (Å²) >= 11 is 0. The highest BCUT2D eigenvalue weighted by Crippen LogP contribution is 2.23. The lowest BCUT2D eigenvalue weighted by molar-refractivity contribution is -0.119. The third-order valence-electron chi connectivity index (χ3n) is 5.05. The molecule has 1 amide bonds. The van der Waals surface area contributed by atoms with Gasteiger partial charge in [-0.25, -0.2) is 9.37 Å². The van der Waals surface area contributed by atoms with Crippen molar-refractivity contribution in [3.8, 4) is 6.07 Å². The first-order chi connectivity index (χ1) is 14.5. The molecule has 3 rings (SSSR count). The number of nitrogens with zero attached hydrogens (tertiary/aromatic N) is 4. The average molecular weight is 447 g/mol. The molecule has 1 aromatic heterocycles. The van der Waals surface area contributed by atoms with Crippen molar-refractivity contribution in [1.29, 1.82) is 5.26 Å². The van der Waals surface area contributed by atoms with Crippen LogP contribution in [-0.2, 0) is 11.2 Å². The van der Waals surface area contributed by atoms with Crippen LogP contribution in [-0.4, -0.2) is 35.0 Å². The normalized spacial score (nSPS) is 15.5. The van der Waals surface area contributed by atoms with E-state index in [0.717, 1.165) is 50.2 Å². The van der Waals surface area contributed by atoms with Crippen LogP contribution in [0.3, 0.4) is 0 Å². The Hall–Kier alpha value is -2.92. The first-order valence-electron chi connectivity index (χ1n) is 10.3. The molecule has 2 aromatic rings. The molecule has 166 valence electrons. The molecule has 1 aliphatic rings. The minimum Gasteiger partial charge on any atom is -0.354 e. The summed E-state index contributed by atoms with van der Waals surface area (Å²) in [5.74, 6) is 0.630. The van der Waals surface area contributed by atoms with Crippen molar-refractivity contribution in [3.05, 3.63) is 41.3 Å². The van der Waals surface area contributed by atoms with E-state index in [1.54, 1.807) is 6.07 Å². The largest absolute Gasteiger partial charge is 0.354 e. The number of unbranched alkanes of at least 4 members (excludes halogenated alkanes) is 1. The van der Waals surface area contributed by atoms with Gasteiger partial charge in [-0.3, -0.25) is 4.79 Å². The molecule has 0 bridgehead atoms. The van der Waals surface area contributed by atoms with Gasteiger partial charge in [-0.15, -0.1) is 12.4 Å². The fourth-order valence-electron chi connectivity index (χ4n) is 3.60. The fourth-order valence-corrected chi connectivity index (χ4v) is 3.60. The number of piperidine rings is 1. The predicted molar refractivity (Wildman–Crippen MR) is 121 cm³/mol. The van der Waals surface area contributed by atoms with E-state index < -0.39 is 5.82 Å². The Kier molecular flexibility index (Phi) is 9.01. The Morgan fingerprint density at radius 2 is 2.16 bits per heavy atom. The molecule has 0 saturated carbocycles. The Morgan fingerprint density at radius 1 is 1.35 bits per heavy atom. The molecular weight excluding hydrogens is 419 g/mol. The molecule has 0 spiro atoms. The quantitative estimate of drug-likeness (QED) is 0.665. The number of nitriles is 1. The summed E-state index contributed by atoms with van der Waals surface area (Å²) in [5.41, 5.74) is 1.45. The van der Waals surface area contributed by atoms with Crippen LogP contribution in [0.4, 0.5) is 21.8 Å². The highest BCUT2D eigenvalue weighted by atomic mass is 35.5. The second-order valence-electron chi connectivity index (χ2n) is 7.56. The molecule has 1 saturated heterocycles. The number of carbonyl (C=O) groups is 1. The molecule has 0 aliphatic carbocycles. The number of aryl methyl sites for hydroxylation is 1. The van der Waals surface area contributed by atoms with Crippen LogP contribution >= 0.6 is 12.4 Å². The molecule has 0 radical (unpaired) electrons. The molecular formula is C22H28ClFN6O. The first kappa shape index (κ1) is 24.4. The third kappa shape index (κ3) is 6.79. The van der Waals surface area contributed by atoms with Gasteiger partial charge in [0.2, 0.25) is 11.9 Å². The summed E-state index contributed by atoms with van der Waals surface area (Å²) < 4.78 is 13.6. The molecule has 2 N–H and O–H groups in total. The predicted octanol–water partition coefficient (Wildman–Crippen LogP) is 4.10. The van der Waals surface area contributed by atoms with E-state index in [1.165, 1.54) is 19.1 Å². The van der Waals surface area contributed by atoms with Crippen molar-refractivity contribution < 1.29 is 9.18 Å². The Labute approximate surface area is 188 Å². The molecule has 1 aromatic carbocycles. The Morgan fingerprint density at radius 3 is 2.87 bits per heavy atom. The van der Waals surface area contributed by atoms with Crippen LogP contribution < -0.4 is 15.5 Å².